The van der Waals surface area contributed by atoms with E-state index in [0.29, 0.717) is 0 Å². The first-order valence-electron chi connectivity index (χ1n) is 7.76. The minimum Gasteiger partial charge on any atom is -0.300 e. The molecule has 1 aliphatic rings. The minimum absolute atomic E-state index is 1.17. The van der Waals surface area contributed by atoms with Gasteiger partial charge in [-0.3, -0.25) is 4.90 Å². The summed E-state index contributed by atoms with van der Waals surface area (Å²) in [6.45, 7) is 10.5. The van der Waals surface area contributed by atoms with Gasteiger partial charge in [-0.1, -0.05) is 43.1 Å². The van der Waals surface area contributed by atoms with Crippen LogP contribution in [0.5, 0.6) is 0 Å². The lowest BCUT2D eigenvalue weighted by molar-refractivity contribution is 0.315. The maximum absolute atomic E-state index is 2.61. The molecule has 0 aliphatic carbocycles. The molecule has 0 aromatic carbocycles. The normalized spacial score (nSPS) is 19.9. The van der Waals surface area contributed by atoms with Gasteiger partial charge in [-0.2, -0.15) is 0 Å². The van der Waals surface area contributed by atoms with Crippen LogP contribution in [-0.4, -0.2) is 24.5 Å². The topological polar surface area (TPSA) is 3.24 Å². The predicted molar refractivity (Wildman–Crippen MR) is 81.9 cm³/mol. The summed E-state index contributed by atoms with van der Waals surface area (Å²) in [6, 6.07) is 0. The Morgan fingerprint density at radius 1 is 0.944 bits per heavy atom. The number of hydrogen-bond donors (Lipinski definition) is 0. The lowest BCUT2D eigenvalue weighted by atomic mass is 10.1. The molecule has 0 aromatic rings. The first kappa shape index (κ1) is 15.5. The van der Waals surface area contributed by atoms with Crippen LogP contribution < -0.4 is 0 Å². The van der Waals surface area contributed by atoms with E-state index in [0.717, 1.165) is 0 Å². The lowest BCUT2D eigenvalue weighted by Gasteiger charge is -2.17. The smallest absolute Gasteiger partial charge is 0.0165 e. The second kappa shape index (κ2) is 9.38. The molecule has 1 fully saturated rings. The van der Waals surface area contributed by atoms with Gasteiger partial charge in [0.05, 0.1) is 0 Å². The highest BCUT2D eigenvalue weighted by Gasteiger charge is 2.06. The third-order valence-corrected chi connectivity index (χ3v) is 3.99. The fraction of sp³-hybridized carbons (Fsp3) is 0.765. The van der Waals surface area contributed by atoms with Gasteiger partial charge in [0.15, 0.2) is 0 Å². The predicted octanol–water partition coefficient (Wildman–Crippen LogP) is 4.95. The molecule has 0 aromatic heterocycles. The summed E-state index contributed by atoms with van der Waals surface area (Å²) in [6.07, 6.45) is 14.1. The molecular formula is C17H31N. The maximum atomic E-state index is 2.61. The van der Waals surface area contributed by atoms with Crippen molar-refractivity contribution in [2.24, 2.45) is 0 Å². The molecule has 0 amide bonds. The fourth-order valence-electron chi connectivity index (χ4n) is 2.40. The Bertz CT molecular complexity index is 267. The summed E-state index contributed by atoms with van der Waals surface area (Å²) in [5.74, 6) is 0. The number of likely N-dealkylation sites (tertiary alicyclic amines) is 1. The Morgan fingerprint density at radius 2 is 1.61 bits per heavy atom. The Morgan fingerprint density at radius 3 is 2.22 bits per heavy atom. The summed E-state index contributed by atoms with van der Waals surface area (Å²) in [5.41, 5.74) is 3.08. The molecule has 1 aliphatic heterocycles. The molecule has 1 heterocycles. The van der Waals surface area contributed by atoms with E-state index >= 15 is 0 Å². The average Bonchev–Trinajstić information content (AvgIpc) is 2.64. The van der Waals surface area contributed by atoms with E-state index in [1.807, 2.05) is 0 Å². The minimum atomic E-state index is 1.17. The molecule has 0 spiro atoms. The SMILES string of the molecule is CC/C(C)=C/CC/C(C)=C/CN1CCCCCC1. The van der Waals surface area contributed by atoms with E-state index in [-0.39, 0.29) is 0 Å². The van der Waals surface area contributed by atoms with Crippen LogP contribution >= 0.6 is 0 Å². The zero-order chi connectivity index (χ0) is 13.2. The van der Waals surface area contributed by atoms with Crippen molar-refractivity contribution in [1.82, 2.24) is 4.90 Å². The van der Waals surface area contributed by atoms with Crippen LogP contribution in [0.15, 0.2) is 23.3 Å². The van der Waals surface area contributed by atoms with E-state index in [1.54, 1.807) is 5.57 Å². The van der Waals surface area contributed by atoms with E-state index in [9.17, 15) is 0 Å². The molecule has 1 nitrogen and oxygen atoms in total. The summed E-state index contributed by atoms with van der Waals surface area (Å²) in [5, 5.41) is 0. The second-order valence-corrected chi connectivity index (χ2v) is 5.71. The second-order valence-electron chi connectivity index (χ2n) is 5.71. The van der Waals surface area contributed by atoms with Crippen molar-refractivity contribution in [1.29, 1.82) is 0 Å². The number of rotatable bonds is 6. The van der Waals surface area contributed by atoms with Crippen LogP contribution in [0.25, 0.3) is 0 Å². The van der Waals surface area contributed by atoms with Gasteiger partial charge >= 0.3 is 0 Å². The Labute approximate surface area is 114 Å². The maximum Gasteiger partial charge on any atom is 0.0165 e. The van der Waals surface area contributed by atoms with Crippen molar-refractivity contribution >= 4 is 0 Å². The highest BCUT2D eigenvalue weighted by molar-refractivity contribution is 5.04. The quantitative estimate of drug-likeness (QED) is 0.602. The number of nitrogens with zero attached hydrogens (tertiary/aromatic N) is 1. The summed E-state index contributed by atoms with van der Waals surface area (Å²) in [7, 11) is 0. The van der Waals surface area contributed by atoms with Crippen molar-refractivity contribution < 1.29 is 0 Å². The van der Waals surface area contributed by atoms with Crippen LogP contribution in [0, 0.1) is 0 Å². The first-order chi connectivity index (χ1) is 8.72. The first-order valence-corrected chi connectivity index (χ1v) is 7.76. The van der Waals surface area contributed by atoms with E-state index in [4.69, 9.17) is 0 Å². The summed E-state index contributed by atoms with van der Waals surface area (Å²) < 4.78 is 0. The molecule has 1 rings (SSSR count). The molecule has 0 radical (unpaired) electrons. The zero-order valence-corrected chi connectivity index (χ0v) is 12.7. The summed E-state index contributed by atoms with van der Waals surface area (Å²) in [4.78, 5) is 2.61. The van der Waals surface area contributed by atoms with Crippen LogP contribution in [-0.2, 0) is 0 Å². The molecule has 0 N–H and O–H groups in total. The van der Waals surface area contributed by atoms with Crippen molar-refractivity contribution in [3.8, 4) is 0 Å². The molecule has 0 atom stereocenters. The molecule has 0 bridgehead atoms. The van der Waals surface area contributed by atoms with Crippen molar-refractivity contribution in [3.63, 3.8) is 0 Å². The molecule has 104 valence electrons. The third-order valence-electron chi connectivity index (χ3n) is 3.99. The largest absolute Gasteiger partial charge is 0.300 e. The Balaban J connectivity index is 2.23. The molecule has 1 heteroatoms. The van der Waals surface area contributed by atoms with E-state index in [2.05, 4.69) is 37.8 Å². The Hall–Kier alpha value is -0.560. The molecular weight excluding hydrogens is 218 g/mol. The number of hydrogen-bond acceptors (Lipinski definition) is 1. The van der Waals surface area contributed by atoms with Crippen LogP contribution in [0.3, 0.4) is 0 Å². The van der Waals surface area contributed by atoms with Crippen molar-refractivity contribution in [2.45, 2.75) is 65.7 Å². The summed E-state index contributed by atoms with van der Waals surface area (Å²) >= 11 is 0. The third kappa shape index (κ3) is 7.00. The zero-order valence-electron chi connectivity index (χ0n) is 12.7. The standard InChI is InChI=1S/C17H31N/c1-4-16(2)10-9-11-17(3)12-15-18-13-7-5-6-8-14-18/h10,12H,4-9,11,13-15H2,1-3H3/b16-10+,17-12+. The van der Waals surface area contributed by atoms with Gasteiger partial charge in [-0.05, 0) is 59.0 Å². The van der Waals surface area contributed by atoms with Crippen LogP contribution in [0.1, 0.15) is 65.7 Å². The van der Waals surface area contributed by atoms with E-state index < -0.39 is 0 Å². The highest BCUT2D eigenvalue weighted by atomic mass is 15.1. The highest BCUT2D eigenvalue weighted by Crippen LogP contribution is 2.11. The van der Waals surface area contributed by atoms with Gasteiger partial charge in [0.2, 0.25) is 0 Å². The van der Waals surface area contributed by atoms with Gasteiger partial charge in [0.25, 0.3) is 0 Å². The van der Waals surface area contributed by atoms with Gasteiger partial charge in [0.1, 0.15) is 0 Å². The molecule has 0 saturated carbocycles. The van der Waals surface area contributed by atoms with Crippen molar-refractivity contribution in [3.05, 3.63) is 23.3 Å². The number of allylic oxidation sites excluding steroid dienone is 3. The molecule has 1 saturated heterocycles. The Kier molecular flexibility index (Phi) is 8.08. The van der Waals surface area contributed by atoms with Gasteiger partial charge < -0.3 is 0 Å². The van der Waals surface area contributed by atoms with Crippen molar-refractivity contribution in [2.75, 3.05) is 19.6 Å². The van der Waals surface area contributed by atoms with Gasteiger partial charge in [-0.15, -0.1) is 0 Å². The monoisotopic (exact) mass is 249 g/mol. The van der Waals surface area contributed by atoms with Gasteiger partial charge in [-0.25, -0.2) is 0 Å². The van der Waals surface area contributed by atoms with Gasteiger partial charge in [0, 0.05) is 6.54 Å². The molecule has 0 unspecified atom stereocenters. The van der Waals surface area contributed by atoms with E-state index in [1.165, 1.54) is 70.2 Å². The van der Waals surface area contributed by atoms with Crippen LogP contribution in [0.4, 0.5) is 0 Å². The fourth-order valence-corrected chi connectivity index (χ4v) is 2.40. The molecule has 18 heavy (non-hydrogen) atoms. The lowest BCUT2D eigenvalue weighted by Crippen LogP contribution is -2.24. The average molecular weight is 249 g/mol. The van der Waals surface area contributed by atoms with Crippen LogP contribution in [0.2, 0.25) is 0 Å².